The van der Waals surface area contributed by atoms with Gasteiger partial charge in [0.25, 0.3) is 0 Å². The molecule has 322 valence electrons. The fraction of sp³-hybridized carbons (Fsp3) is 0. The van der Waals surface area contributed by atoms with Crippen LogP contribution in [0.3, 0.4) is 0 Å². The molecule has 0 saturated carbocycles. The number of anilines is 3. The maximum atomic E-state index is 6.71. The SMILES string of the molecule is c1cc(-c2ccc(N(c3ccc(-c4ccc5c(ccc6ccccc65)c4)cc3)c3ccccc3-c3ccc4c(c3)oc3c5ccccc5ccc43)cc2)cc(-n2c3ccccc3c3ccccc32)c1. The van der Waals surface area contributed by atoms with Gasteiger partial charge in [0.05, 0.1) is 16.7 Å². The van der Waals surface area contributed by atoms with Crippen molar-refractivity contribution in [1.29, 1.82) is 0 Å². The number of aromatic nitrogens is 1. The summed E-state index contributed by atoms with van der Waals surface area (Å²) in [5, 5.41) is 12.1. The van der Waals surface area contributed by atoms with Crippen molar-refractivity contribution in [1.82, 2.24) is 4.57 Å². The number of rotatable bonds is 7. The van der Waals surface area contributed by atoms with E-state index in [9.17, 15) is 0 Å². The van der Waals surface area contributed by atoms with Gasteiger partial charge in [0, 0.05) is 49.6 Å². The molecule has 14 rings (SSSR count). The van der Waals surface area contributed by atoms with Gasteiger partial charge in [0.1, 0.15) is 11.2 Å². The molecule has 0 saturated heterocycles. The standard InChI is InChI=1S/C66H42N2O/c1-3-16-54-45(12-1)24-25-49-40-48(31-37-55(49)54)44-28-35-52(36-29-44)67(62-21-8-5-17-56(62)50-32-38-60-61-39-30-46-13-2-4-18-57(46)66(61)69-65(60)42-50)51-33-26-43(27-34-51)47-14-11-15-53(41-47)68-63-22-9-6-19-58(63)59-20-7-10-23-64(59)68/h1-42H. The molecule has 12 aromatic carbocycles. The van der Waals surface area contributed by atoms with Crippen LogP contribution in [0.4, 0.5) is 17.1 Å². The van der Waals surface area contributed by atoms with Gasteiger partial charge in [0.15, 0.2) is 0 Å². The summed E-state index contributed by atoms with van der Waals surface area (Å²) < 4.78 is 9.10. The second-order valence-electron chi connectivity index (χ2n) is 18.1. The Kier molecular flexibility index (Phi) is 8.90. The zero-order valence-electron chi connectivity index (χ0n) is 37.6. The third-order valence-electron chi connectivity index (χ3n) is 14.2. The van der Waals surface area contributed by atoms with Gasteiger partial charge in [-0.25, -0.2) is 0 Å². The van der Waals surface area contributed by atoms with Crippen LogP contribution in [-0.2, 0) is 0 Å². The molecule has 0 fully saturated rings. The monoisotopic (exact) mass is 878 g/mol. The summed E-state index contributed by atoms with van der Waals surface area (Å²) in [5.41, 5.74) is 15.4. The molecule has 0 radical (unpaired) electrons. The topological polar surface area (TPSA) is 21.3 Å². The average molecular weight is 879 g/mol. The first-order valence-corrected chi connectivity index (χ1v) is 23.6. The molecule has 0 bridgehead atoms. The lowest BCUT2D eigenvalue weighted by Crippen LogP contribution is -2.11. The number of hydrogen-bond donors (Lipinski definition) is 0. The highest BCUT2D eigenvalue weighted by molar-refractivity contribution is 6.16. The molecule has 14 aromatic rings. The van der Waals surface area contributed by atoms with Crippen molar-refractivity contribution in [2.45, 2.75) is 0 Å². The first-order chi connectivity index (χ1) is 34.2. The number of fused-ring (bicyclic) bond motifs is 11. The zero-order valence-corrected chi connectivity index (χ0v) is 37.6. The summed E-state index contributed by atoms with van der Waals surface area (Å²) in [4.78, 5) is 2.39. The third-order valence-corrected chi connectivity index (χ3v) is 14.2. The molecule has 0 atom stereocenters. The Morgan fingerprint density at radius 1 is 0.304 bits per heavy atom. The second kappa shape index (κ2) is 15.7. The van der Waals surface area contributed by atoms with Gasteiger partial charge in [-0.15, -0.1) is 0 Å². The fourth-order valence-electron chi connectivity index (χ4n) is 10.8. The van der Waals surface area contributed by atoms with Crippen LogP contribution in [0.1, 0.15) is 0 Å². The third kappa shape index (κ3) is 6.43. The van der Waals surface area contributed by atoms with Gasteiger partial charge in [-0.1, -0.05) is 176 Å². The van der Waals surface area contributed by atoms with E-state index >= 15 is 0 Å². The predicted molar refractivity (Wildman–Crippen MR) is 292 cm³/mol. The summed E-state index contributed by atoms with van der Waals surface area (Å²) in [6.07, 6.45) is 0. The van der Waals surface area contributed by atoms with Gasteiger partial charge in [-0.2, -0.15) is 0 Å². The highest BCUT2D eigenvalue weighted by atomic mass is 16.3. The van der Waals surface area contributed by atoms with Crippen molar-refractivity contribution in [2.75, 3.05) is 4.90 Å². The number of nitrogens with zero attached hydrogens (tertiary/aromatic N) is 2. The van der Waals surface area contributed by atoms with Crippen LogP contribution in [0.2, 0.25) is 0 Å². The van der Waals surface area contributed by atoms with E-state index in [0.717, 1.165) is 72.3 Å². The average Bonchev–Trinajstić information content (AvgIpc) is 3.97. The Morgan fingerprint density at radius 3 is 1.57 bits per heavy atom. The molecule has 0 aliphatic carbocycles. The highest BCUT2D eigenvalue weighted by Crippen LogP contribution is 2.44. The molecule has 0 aliphatic rings. The molecule has 0 spiro atoms. The van der Waals surface area contributed by atoms with Crippen molar-refractivity contribution in [3.8, 4) is 39.1 Å². The number of benzene rings is 12. The molecule has 69 heavy (non-hydrogen) atoms. The Labute approximate surface area is 399 Å². The van der Waals surface area contributed by atoms with E-state index in [1.54, 1.807) is 0 Å². The Hall–Kier alpha value is -9.18. The summed E-state index contributed by atoms with van der Waals surface area (Å²) in [6.45, 7) is 0. The molecular formula is C66H42N2O. The van der Waals surface area contributed by atoms with Crippen LogP contribution < -0.4 is 4.90 Å². The second-order valence-corrected chi connectivity index (χ2v) is 18.1. The smallest absolute Gasteiger partial charge is 0.143 e. The fourth-order valence-corrected chi connectivity index (χ4v) is 10.8. The van der Waals surface area contributed by atoms with E-state index in [0.29, 0.717) is 0 Å². The van der Waals surface area contributed by atoms with Crippen LogP contribution in [0.15, 0.2) is 259 Å². The first-order valence-electron chi connectivity index (χ1n) is 23.6. The van der Waals surface area contributed by atoms with Crippen molar-refractivity contribution in [3.63, 3.8) is 0 Å². The Morgan fingerprint density at radius 2 is 0.826 bits per heavy atom. The minimum Gasteiger partial charge on any atom is -0.455 e. The summed E-state index contributed by atoms with van der Waals surface area (Å²) in [6, 6.07) is 92.5. The van der Waals surface area contributed by atoms with Crippen LogP contribution in [0.5, 0.6) is 0 Å². The molecule has 0 amide bonds. The van der Waals surface area contributed by atoms with Crippen LogP contribution in [0.25, 0.3) is 115 Å². The number of para-hydroxylation sites is 3. The lowest BCUT2D eigenvalue weighted by Gasteiger charge is -2.28. The lowest BCUT2D eigenvalue weighted by atomic mass is 9.97. The van der Waals surface area contributed by atoms with Crippen LogP contribution in [-0.4, -0.2) is 4.57 Å². The largest absolute Gasteiger partial charge is 0.455 e. The quantitative estimate of drug-likeness (QED) is 0.149. The van der Waals surface area contributed by atoms with Gasteiger partial charge in [-0.05, 0) is 134 Å². The molecule has 0 unspecified atom stereocenters. The molecule has 0 N–H and O–H groups in total. The molecule has 2 heterocycles. The number of furan rings is 1. The minimum atomic E-state index is 0.875. The summed E-state index contributed by atoms with van der Waals surface area (Å²) in [7, 11) is 0. The molecule has 0 aliphatic heterocycles. The van der Waals surface area contributed by atoms with Crippen molar-refractivity contribution in [3.05, 3.63) is 255 Å². The van der Waals surface area contributed by atoms with E-state index in [1.807, 2.05) is 0 Å². The van der Waals surface area contributed by atoms with Crippen LogP contribution in [0, 0.1) is 0 Å². The predicted octanol–water partition coefficient (Wildman–Crippen LogP) is 18.6. The van der Waals surface area contributed by atoms with Crippen LogP contribution >= 0.6 is 0 Å². The van der Waals surface area contributed by atoms with E-state index in [4.69, 9.17) is 4.42 Å². The molecular weight excluding hydrogens is 837 g/mol. The van der Waals surface area contributed by atoms with E-state index in [2.05, 4.69) is 264 Å². The van der Waals surface area contributed by atoms with Crippen molar-refractivity contribution in [2.24, 2.45) is 0 Å². The minimum absolute atomic E-state index is 0.875. The lowest BCUT2D eigenvalue weighted by molar-refractivity contribution is 0.673. The summed E-state index contributed by atoms with van der Waals surface area (Å²) >= 11 is 0. The summed E-state index contributed by atoms with van der Waals surface area (Å²) in [5.74, 6) is 0. The molecule has 2 aromatic heterocycles. The van der Waals surface area contributed by atoms with Crippen molar-refractivity contribution < 1.29 is 4.42 Å². The first kappa shape index (κ1) is 39.0. The molecule has 3 heteroatoms. The highest BCUT2D eigenvalue weighted by Gasteiger charge is 2.20. The normalized spacial score (nSPS) is 11.8. The molecule has 3 nitrogen and oxygen atoms in total. The van der Waals surface area contributed by atoms with Gasteiger partial charge in [-0.3, -0.25) is 0 Å². The van der Waals surface area contributed by atoms with Crippen molar-refractivity contribution >= 4 is 93.1 Å². The Bertz CT molecular complexity index is 4260. The van der Waals surface area contributed by atoms with Gasteiger partial charge >= 0.3 is 0 Å². The van der Waals surface area contributed by atoms with Gasteiger partial charge < -0.3 is 13.9 Å². The van der Waals surface area contributed by atoms with E-state index < -0.39 is 0 Å². The van der Waals surface area contributed by atoms with Gasteiger partial charge in [0.2, 0.25) is 0 Å². The van der Waals surface area contributed by atoms with E-state index in [1.165, 1.54) is 59.9 Å². The Balaban J connectivity index is 0.878. The number of hydrogen-bond acceptors (Lipinski definition) is 2. The van der Waals surface area contributed by atoms with E-state index in [-0.39, 0.29) is 0 Å². The maximum absolute atomic E-state index is 6.71. The maximum Gasteiger partial charge on any atom is 0.143 e. The zero-order chi connectivity index (χ0) is 45.4.